The van der Waals surface area contributed by atoms with Gasteiger partial charge in [-0.05, 0) is 12.1 Å². The second kappa shape index (κ2) is 7.09. The van der Waals surface area contributed by atoms with Crippen molar-refractivity contribution in [3.8, 4) is 10.6 Å². The average molecular weight is 359 g/mol. The first-order chi connectivity index (χ1) is 10.4. The highest BCUT2D eigenvalue weighted by Crippen LogP contribution is 2.30. The number of halogens is 2. The van der Waals surface area contributed by atoms with E-state index in [9.17, 15) is 9.59 Å². The summed E-state index contributed by atoms with van der Waals surface area (Å²) in [5.74, 6) is -0.844. The number of amides is 1. The first kappa shape index (κ1) is 16.7. The first-order valence-electron chi connectivity index (χ1n) is 6.15. The Labute approximate surface area is 141 Å². The van der Waals surface area contributed by atoms with Gasteiger partial charge in [-0.3, -0.25) is 9.59 Å². The molecule has 2 aromatic rings. The molecule has 0 N–H and O–H groups in total. The molecule has 0 saturated carbocycles. The summed E-state index contributed by atoms with van der Waals surface area (Å²) >= 11 is 13.2. The van der Waals surface area contributed by atoms with Crippen molar-refractivity contribution in [2.75, 3.05) is 20.7 Å². The van der Waals surface area contributed by atoms with E-state index in [1.54, 1.807) is 23.6 Å². The molecule has 116 valence electrons. The molecule has 1 aromatic heterocycles. The minimum atomic E-state index is -0.490. The highest BCUT2D eigenvalue weighted by atomic mass is 35.5. The minimum absolute atomic E-state index is 0.130. The van der Waals surface area contributed by atoms with Crippen molar-refractivity contribution in [2.45, 2.75) is 0 Å². The third-order valence-corrected chi connectivity index (χ3v) is 4.46. The number of nitrogens with zero attached hydrogens (tertiary/aromatic N) is 2. The number of esters is 1. The number of thiazole rings is 1. The van der Waals surface area contributed by atoms with E-state index in [4.69, 9.17) is 23.2 Å². The number of methoxy groups -OCH3 is 1. The van der Waals surface area contributed by atoms with Gasteiger partial charge in [0.05, 0.1) is 17.2 Å². The number of hydrogen-bond donors (Lipinski definition) is 0. The fourth-order valence-electron chi connectivity index (χ4n) is 1.66. The summed E-state index contributed by atoms with van der Waals surface area (Å²) in [6.07, 6.45) is 0. The maximum absolute atomic E-state index is 12.2. The second-order valence-electron chi connectivity index (χ2n) is 4.40. The zero-order chi connectivity index (χ0) is 16.3. The van der Waals surface area contributed by atoms with Crippen molar-refractivity contribution in [2.24, 2.45) is 0 Å². The number of rotatable bonds is 4. The molecule has 0 aliphatic rings. The summed E-state index contributed by atoms with van der Waals surface area (Å²) in [6, 6.07) is 5.14. The van der Waals surface area contributed by atoms with Crippen molar-refractivity contribution in [1.82, 2.24) is 9.88 Å². The molecule has 1 aromatic carbocycles. The van der Waals surface area contributed by atoms with Crippen LogP contribution in [-0.4, -0.2) is 42.5 Å². The molecule has 0 atom stereocenters. The second-order valence-corrected chi connectivity index (χ2v) is 6.08. The predicted molar refractivity (Wildman–Crippen MR) is 86.5 cm³/mol. The van der Waals surface area contributed by atoms with E-state index >= 15 is 0 Å². The average Bonchev–Trinajstić information content (AvgIpc) is 2.98. The minimum Gasteiger partial charge on any atom is -0.468 e. The van der Waals surface area contributed by atoms with Crippen LogP contribution in [0.3, 0.4) is 0 Å². The predicted octanol–water partition coefficient (Wildman–Crippen LogP) is 3.36. The van der Waals surface area contributed by atoms with Gasteiger partial charge in [-0.2, -0.15) is 0 Å². The summed E-state index contributed by atoms with van der Waals surface area (Å²) in [6.45, 7) is -0.130. The Kier molecular flexibility index (Phi) is 5.39. The fourth-order valence-corrected chi connectivity index (χ4v) is 2.75. The van der Waals surface area contributed by atoms with Gasteiger partial charge in [-0.1, -0.05) is 29.3 Å². The Morgan fingerprint density at radius 3 is 2.68 bits per heavy atom. The summed E-state index contributed by atoms with van der Waals surface area (Å²) in [5.41, 5.74) is 1.03. The quantitative estimate of drug-likeness (QED) is 0.786. The molecule has 0 aliphatic heterocycles. The van der Waals surface area contributed by atoms with Gasteiger partial charge >= 0.3 is 5.97 Å². The van der Waals surface area contributed by atoms with E-state index in [1.165, 1.54) is 30.4 Å². The van der Waals surface area contributed by atoms with Crippen LogP contribution in [0.4, 0.5) is 0 Å². The van der Waals surface area contributed by atoms with Crippen molar-refractivity contribution < 1.29 is 14.3 Å². The maximum Gasteiger partial charge on any atom is 0.325 e. The third kappa shape index (κ3) is 3.76. The van der Waals surface area contributed by atoms with Crippen LogP contribution in [-0.2, 0) is 9.53 Å². The third-order valence-electron chi connectivity index (χ3n) is 2.83. The number of ether oxygens (including phenoxy) is 1. The summed E-state index contributed by atoms with van der Waals surface area (Å²) in [4.78, 5) is 28.9. The van der Waals surface area contributed by atoms with Crippen LogP contribution in [0.5, 0.6) is 0 Å². The van der Waals surface area contributed by atoms with Crippen LogP contribution in [0.2, 0.25) is 10.0 Å². The Balaban J connectivity index is 2.18. The molecule has 0 saturated heterocycles. The number of carbonyl (C=O) groups excluding carboxylic acids is 2. The van der Waals surface area contributed by atoms with Crippen LogP contribution < -0.4 is 0 Å². The van der Waals surface area contributed by atoms with Gasteiger partial charge in [0.25, 0.3) is 5.91 Å². The molecule has 22 heavy (non-hydrogen) atoms. The van der Waals surface area contributed by atoms with Crippen LogP contribution in [0.25, 0.3) is 10.6 Å². The molecule has 8 heteroatoms. The molecule has 0 unspecified atom stereocenters. The highest BCUT2D eigenvalue weighted by molar-refractivity contribution is 7.13. The van der Waals surface area contributed by atoms with E-state index < -0.39 is 5.97 Å². The lowest BCUT2D eigenvalue weighted by molar-refractivity contribution is -0.141. The summed E-state index contributed by atoms with van der Waals surface area (Å²) in [5, 5.41) is 3.16. The van der Waals surface area contributed by atoms with Gasteiger partial charge in [0.1, 0.15) is 17.2 Å². The largest absolute Gasteiger partial charge is 0.468 e. The van der Waals surface area contributed by atoms with Gasteiger partial charge in [0, 0.05) is 18.0 Å². The lowest BCUT2D eigenvalue weighted by atomic mass is 10.2. The normalized spacial score (nSPS) is 10.4. The number of likely N-dealkylation sites (N-methyl/N-ethyl adjacent to an activating group) is 1. The van der Waals surface area contributed by atoms with E-state index in [2.05, 4.69) is 9.72 Å². The smallest absolute Gasteiger partial charge is 0.325 e. The van der Waals surface area contributed by atoms with Crippen molar-refractivity contribution >= 4 is 46.4 Å². The lowest BCUT2D eigenvalue weighted by Crippen LogP contribution is -2.32. The summed E-state index contributed by atoms with van der Waals surface area (Å²) < 4.78 is 4.53. The zero-order valence-electron chi connectivity index (χ0n) is 11.8. The van der Waals surface area contributed by atoms with Gasteiger partial charge in [-0.15, -0.1) is 11.3 Å². The molecule has 0 fully saturated rings. The van der Waals surface area contributed by atoms with Crippen LogP contribution >= 0.6 is 34.5 Å². The molecular formula is C14H12Cl2N2O3S. The van der Waals surface area contributed by atoms with Crippen LogP contribution in [0.1, 0.15) is 10.5 Å². The molecule has 1 amide bonds. The molecule has 0 radical (unpaired) electrons. The lowest BCUT2D eigenvalue weighted by Gasteiger charge is -2.13. The maximum atomic E-state index is 12.2. The Morgan fingerprint density at radius 1 is 1.32 bits per heavy atom. The van der Waals surface area contributed by atoms with E-state index in [0.717, 1.165) is 5.56 Å². The number of carbonyl (C=O) groups is 2. The monoisotopic (exact) mass is 358 g/mol. The topological polar surface area (TPSA) is 59.5 Å². The molecular weight excluding hydrogens is 347 g/mol. The van der Waals surface area contributed by atoms with Crippen molar-refractivity contribution in [1.29, 1.82) is 0 Å². The van der Waals surface area contributed by atoms with E-state index in [0.29, 0.717) is 15.1 Å². The van der Waals surface area contributed by atoms with Gasteiger partial charge < -0.3 is 9.64 Å². The van der Waals surface area contributed by atoms with Gasteiger partial charge in [0.2, 0.25) is 0 Å². The van der Waals surface area contributed by atoms with E-state index in [-0.39, 0.29) is 18.1 Å². The zero-order valence-corrected chi connectivity index (χ0v) is 14.1. The molecule has 2 rings (SSSR count). The number of hydrogen-bond acceptors (Lipinski definition) is 5. The van der Waals surface area contributed by atoms with Gasteiger partial charge in [0.15, 0.2) is 0 Å². The number of benzene rings is 1. The standard InChI is InChI=1S/C14H12Cl2N2O3S/c1-18(6-12(19)21-2)14(20)11-7-22-13(17-11)8-3-4-9(15)10(16)5-8/h3-5,7H,6H2,1-2H3. The van der Waals surface area contributed by atoms with Gasteiger partial charge in [-0.25, -0.2) is 4.98 Å². The van der Waals surface area contributed by atoms with Crippen LogP contribution in [0.15, 0.2) is 23.6 Å². The molecule has 1 heterocycles. The van der Waals surface area contributed by atoms with Crippen molar-refractivity contribution in [3.63, 3.8) is 0 Å². The highest BCUT2D eigenvalue weighted by Gasteiger charge is 2.18. The fraction of sp³-hybridized carbons (Fsp3) is 0.214. The van der Waals surface area contributed by atoms with Crippen molar-refractivity contribution in [3.05, 3.63) is 39.3 Å². The van der Waals surface area contributed by atoms with Crippen LogP contribution in [0, 0.1) is 0 Å². The molecule has 0 spiro atoms. The Bertz CT molecular complexity index is 718. The first-order valence-corrected chi connectivity index (χ1v) is 7.79. The molecule has 0 aliphatic carbocycles. The Morgan fingerprint density at radius 2 is 2.05 bits per heavy atom. The molecule has 0 bridgehead atoms. The SMILES string of the molecule is COC(=O)CN(C)C(=O)c1csc(-c2ccc(Cl)c(Cl)c2)n1. The number of aromatic nitrogens is 1. The van der Waals surface area contributed by atoms with E-state index in [1.807, 2.05) is 0 Å². The Hall–Kier alpha value is -1.63. The molecule has 5 nitrogen and oxygen atoms in total. The summed E-state index contributed by atoms with van der Waals surface area (Å²) in [7, 11) is 2.78.